The first-order valence-electron chi connectivity index (χ1n) is 5.67. The van der Waals surface area contributed by atoms with Crippen LogP contribution in [-0.4, -0.2) is 35.1 Å². The number of benzene rings is 1. The van der Waals surface area contributed by atoms with Crippen LogP contribution in [0.1, 0.15) is 10.5 Å². The molecule has 1 heterocycles. The van der Waals surface area contributed by atoms with E-state index in [2.05, 4.69) is 5.10 Å². The number of carboxylic acid groups (broad SMARTS) is 1. The van der Waals surface area contributed by atoms with Crippen molar-refractivity contribution >= 4 is 5.97 Å². The molecule has 0 radical (unpaired) electrons. The standard InChI is InChI=1S/C13H13FN2O4/c1-16-9(6-8(15-16)13(17)18)7-4-5-10(19-2)11(14)12(7)20-3/h4-6H,1-3H3,(H,17,18). The molecule has 0 spiro atoms. The van der Waals surface area contributed by atoms with Crippen LogP contribution in [0.15, 0.2) is 18.2 Å². The molecule has 1 aromatic heterocycles. The van der Waals surface area contributed by atoms with Crippen molar-refractivity contribution in [3.63, 3.8) is 0 Å². The summed E-state index contributed by atoms with van der Waals surface area (Å²) in [4.78, 5) is 10.9. The highest BCUT2D eigenvalue weighted by atomic mass is 19.1. The molecular formula is C13H13FN2O4. The van der Waals surface area contributed by atoms with Crippen molar-refractivity contribution in [1.29, 1.82) is 0 Å². The number of halogens is 1. The Morgan fingerprint density at radius 1 is 1.35 bits per heavy atom. The highest BCUT2D eigenvalue weighted by Crippen LogP contribution is 2.36. The maximum Gasteiger partial charge on any atom is 0.356 e. The highest BCUT2D eigenvalue weighted by molar-refractivity contribution is 5.87. The van der Waals surface area contributed by atoms with Gasteiger partial charge >= 0.3 is 5.97 Å². The summed E-state index contributed by atoms with van der Waals surface area (Å²) in [6.45, 7) is 0. The van der Waals surface area contributed by atoms with Crippen LogP contribution in [0.3, 0.4) is 0 Å². The molecule has 0 fully saturated rings. The van der Waals surface area contributed by atoms with Crippen molar-refractivity contribution in [3.05, 3.63) is 29.7 Å². The summed E-state index contributed by atoms with van der Waals surface area (Å²) in [5.41, 5.74) is 0.704. The molecule has 0 unspecified atom stereocenters. The zero-order valence-corrected chi connectivity index (χ0v) is 11.2. The second kappa shape index (κ2) is 5.20. The third-order valence-electron chi connectivity index (χ3n) is 2.86. The van der Waals surface area contributed by atoms with Crippen LogP contribution in [0.2, 0.25) is 0 Å². The molecule has 1 N–H and O–H groups in total. The number of nitrogens with zero attached hydrogens (tertiary/aromatic N) is 2. The molecule has 1 aromatic carbocycles. The number of hydrogen-bond donors (Lipinski definition) is 1. The van der Waals surface area contributed by atoms with Gasteiger partial charge in [0.25, 0.3) is 0 Å². The van der Waals surface area contributed by atoms with Crippen molar-refractivity contribution in [1.82, 2.24) is 9.78 Å². The lowest BCUT2D eigenvalue weighted by atomic mass is 10.1. The van der Waals surface area contributed by atoms with E-state index in [1.807, 2.05) is 0 Å². The topological polar surface area (TPSA) is 73.6 Å². The fraction of sp³-hybridized carbons (Fsp3) is 0.231. The summed E-state index contributed by atoms with van der Waals surface area (Å²) in [5.74, 6) is -1.78. The maximum atomic E-state index is 14.1. The monoisotopic (exact) mass is 280 g/mol. The van der Waals surface area contributed by atoms with Crippen LogP contribution in [0, 0.1) is 5.82 Å². The van der Waals surface area contributed by atoms with Gasteiger partial charge in [0.1, 0.15) is 0 Å². The molecule has 106 valence electrons. The van der Waals surface area contributed by atoms with Crippen molar-refractivity contribution in [2.75, 3.05) is 14.2 Å². The van der Waals surface area contributed by atoms with Gasteiger partial charge in [0.2, 0.25) is 5.82 Å². The summed E-state index contributed by atoms with van der Waals surface area (Å²) in [6, 6.07) is 4.39. The summed E-state index contributed by atoms with van der Waals surface area (Å²) < 4.78 is 25.4. The number of rotatable bonds is 4. The molecule has 2 rings (SSSR count). The normalized spacial score (nSPS) is 10.4. The molecule has 0 bridgehead atoms. The first kappa shape index (κ1) is 13.9. The number of carbonyl (C=O) groups is 1. The van der Waals surface area contributed by atoms with Gasteiger partial charge in [0.05, 0.1) is 19.9 Å². The average Bonchev–Trinajstić information content (AvgIpc) is 2.80. The van der Waals surface area contributed by atoms with Gasteiger partial charge < -0.3 is 14.6 Å². The first-order valence-corrected chi connectivity index (χ1v) is 5.67. The fourth-order valence-electron chi connectivity index (χ4n) is 1.92. The number of hydrogen-bond acceptors (Lipinski definition) is 4. The van der Waals surface area contributed by atoms with E-state index >= 15 is 0 Å². The third-order valence-corrected chi connectivity index (χ3v) is 2.86. The molecule has 0 aliphatic heterocycles. The van der Waals surface area contributed by atoms with Crippen molar-refractivity contribution in [2.24, 2.45) is 7.05 Å². The second-order valence-corrected chi connectivity index (χ2v) is 4.01. The lowest BCUT2D eigenvalue weighted by Gasteiger charge is -2.12. The molecule has 0 saturated carbocycles. The van der Waals surface area contributed by atoms with Crippen LogP contribution in [0.5, 0.6) is 11.5 Å². The number of ether oxygens (including phenoxy) is 2. The molecule has 0 amide bonds. The fourth-order valence-corrected chi connectivity index (χ4v) is 1.92. The van der Waals surface area contributed by atoms with Gasteiger partial charge in [-0.3, -0.25) is 4.68 Å². The van der Waals surface area contributed by atoms with Crippen LogP contribution in [0.25, 0.3) is 11.3 Å². The molecule has 20 heavy (non-hydrogen) atoms. The Balaban J connectivity index is 2.63. The Hall–Kier alpha value is -2.57. The minimum absolute atomic E-state index is 0.0238. The van der Waals surface area contributed by atoms with E-state index in [1.54, 1.807) is 13.1 Å². The number of aromatic nitrogens is 2. The number of carboxylic acids is 1. The van der Waals surface area contributed by atoms with Gasteiger partial charge in [-0.2, -0.15) is 9.49 Å². The number of aryl methyl sites for hydroxylation is 1. The van der Waals surface area contributed by atoms with E-state index in [-0.39, 0.29) is 17.2 Å². The summed E-state index contributed by atoms with van der Waals surface area (Å²) >= 11 is 0. The Morgan fingerprint density at radius 3 is 2.55 bits per heavy atom. The van der Waals surface area contributed by atoms with Crippen molar-refractivity contribution in [3.8, 4) is 22.8 Å². The number of aromatic carboxylic acids is 1. The Labute approximate surface area is 114 Å². The highest BCUT2D eigenvalue weighted by Gasteiger charge is 2.20. The predicted octanol–water partition coefficient (Wildman–Crippen LogP) is 1.94. The van der Waals surface area contributed by atoms with Gasteiger partial charge in [-0.1, -0.05) is 0 Å². The molecule has 6 nitrogen and oxygen atoms in total. The SMILES string of the molecule is COc1ccc(-c2cc(C(=O)O)nn2C)c(OC)c1F. The van der Waals surface area contributed by atoms with Crippen molar-refractivity contribution < 1.29 is 23.8 Å². The van der Waals surface area contributed by atoms with E-state index in [4.69, 9.17) is 14.6 Å². The molecule has 0 aliphatic rings. The zero-order valence-electron chi connectivity index (χ0n) is 11.2. The average molecular weight is 280 g/mol. The lowest BCUT2D eigenvalue weighted by Crippen LogP contribution is -2.00. The van der Waals surface area contributed by atoms with Crippen LogP contribution < -0.4 is 9.47 Å². The number of methoxy groups -OCH3 is 2. The zero-order chi connectivity index (χ0) is 14.9. The third kappa shape index (κ3) is 2.18. The second-order valence-electron chi connectivity index (χ2n) is 4.01. The maximum absolute atomic E-state index is 14.1. The van der Waals surface area contributed by atoms with Crippen LogP contribution in [0.4, 0.5) is 4.39 Å². The molecule has 7 heteroatoms. The van der Waals surface area contributed by atoms with Gasteiger partial charge in [-0.25, -0.2) is 4.79 Å². The molecule has 0 saturated heterocycles. The summed E-state index contributed by atoms with van der Waals surface area (Å²) in [7, 11) is 4.25. The van der Waals surface area contributed by atoms with Crippen LogP contribution >= 0.6 is 0 Å². The quantitative estimate of drug-likeness (QED) is 0.926. The van der Waals surface area contributed by atoms with Gasteiger partial charge in [-0.05, 0) is 18.2 Å². The lowest BCUT2D eigenvalue weighted by molar-refractivity contribution is 0.0689. The van der Waals surface area contributed by atoms with E-state index < -0.39 is 11.8 Å². The first-order chi connectivity index (χ1) is 9.49. The van der Waals surface area contributed by atoms with E-state index in [0.717, 1.165) is 0 Å². The van der Waals surface area contributed by atoms with E-state index in [1.165, 1.54) is 31.0 Å². The van der Waals surface area contributed by atoms with Crippen molar-refractivity contribution in [2.45, 2.75) is 0 Å². The molecule has 0 atom stereocenters. The Morgan fingerprint density at radius 2 is 2.05 bits per heavy atom. The predicted molar refractivity (Wildman–Crippen MR) is 68.7 cm³/mol. The van der Waals surface area contributed by atoms with Gasteiger partial charge in [-0.15, -0.1) is 0 Å². The molecule has 2 aromatic rings. The van der Waals surface area contributed by atoms with Gasteiger partial charge in [0, 0.05) is 12.6 Å². The summed E-state index contributed by atoms with van der Waals surface area (Å²) in [6.07, 6.45) is 0. The molecular weight excluding hydrogens is 267 g/mol. The van der Waals surface area contributed by atoms with E-state index in [0.29, 0.717) is 11.3 Å². The minimum atomic E-state index is -1.15. The van der Waals surface area contributed by atoms with Gasteiger partial charge in [0.15, 0.2) is 17.2 Å². The largest absolute Gasteiger partial charge is 0.494 e. The Kier molecular flexibility index (Phi) is 3.60. The summed E-state index contributed by atoms with van der Waals surface area (Å²) in [5, 5.41) is 12.8. The minimum Gasteiger partial charge on any atom is -0.494 e. The Bertz CT molecular complexity index is 667. The smallest absolute Gasteiger partial charge is 0.356 e. The van der Waals surface area contributed by atoms with Crippen LogP contribution in [-0.2, 0) is 7.05 Å². The van der Waals surface area contributed by atoms with E-state index in [9.17, 15) is 9.18 Å². The molecule has 0 aliphatic carbocycles.